The Morgan fingerprint density at radius 3 is 2.37 bits per heavy atom. The molecule has 6 nitrogen and oxygen atoms in total. The summed E-state index contributed by atoms with van der Waals surface area (Å²) in [5.74, 6) is 0.381. The highest BCUT2D eigenvalue weighted by Gasteiger charge is 2.32. The van der Waals surface area contributed by atoms with Crippen LogP contribution in [0.25, 0.3) is 0 Å². The third-order valence-electron chi connectivity index (χ3n) is 8.82. The van der Waals surface area contributed by atoms with Crippen LogP contribution in [0.1, 0.15) is 91.4 Å². The van der Waals surface area contributed by atoms with Gasteiger partial charge in [-0.1, -0.05) is 68.0 Å². The minimum absolute atomic E-state index is 0.0266. The van der Waals surface area contributed by atoms with Gasteiger partial charge >= 0.3 is 5.97 Å². The molecule has 0 aromatic rings. The molecule has 0 aliphatic carbocycles. The smallest absolute Gasteiger partial charge is 0.309 e. The molecule has 0 aromatic heterocycles. The lowest BCUT2D eigenvalue weighted by molar-refractivity contribution is -0.154. The maximum Gasteiger partial charge on any atom is 0.309 e. The first-order valence-corrected chi connectivity index (χ1v) is 16.0. The summed E-state index contributed by atoms with van der Waals surface area (Å²) >= 11 is 0. The van der Waals surface area contributed by atoms with Crippen LogP contribution < -0.4 is 0 Å². The van der Waals surface area contributed by atoms with Gasteiger partial charge in [0.15, 0.2) is 0 Å². The van der Waals surface area contributed by atoms with Crippen LogP contribution in [0.5, 0.6) is 0 Å². The van der Waals surface area contributed by atoms with Crippen LogP contribution in [-0.2, 0) is 23.8 Å². The van der Waals surface area contributed by atoms with Gasteiger partial charge in [-0.2, -0.15) is 0 Å². The topological polar surface area (TPSA) is 65.1 Å². The van der Waals surface area contributed by atoms with Crippen LogP contribution in [0.2, 0.25) is 0 Å². The Labute approximate surface area is 247 Å². The molecular weight excluding hydrogens is 514 g/mol. The van der Waals surface area contributed by atoms with Crippen LogP contribution in [0.15, 0.2) is 60.3 Å². The predicted molar refractivity (Wildman–Crippen MR) is 163 cm³/mol. The minimum atomic E-state index is -0.375. The lowest BCUT2D eigenvalue weighted by Gasteiger charge is -2.37. The van der Waals surface area contributed by atoms with Gasteiger partial charge in [0.2, 0.25) is 5.91 Å². The van der Waals surface area contributed by atoms with Crippen molar-refractivity contribution in [2.75, 3.05) is 13.1 Å². The van der Waals surface area contributed by atoms with Crippen molar-refractivity contribution in [3.8, 4) is 0 Å². The summed E-state index contributed by atoms with van der Waals surface area (Å²) in [5.41, 5.74) is 1.36. The standard InChI is InChI=1S/C35H51NO5/c1-4-28-22-31-24-30-14-12-13-29(39-30)21-26(2)17-18-27(3)33(41-35(38)25-32(23-28)40-31)15-8-6-5-7-9-16-34(37)36-19-10-11-20-36/h4-9,15,17-18,26-27,29-33H,10-14,16,19-25H2,1-3H3. The third-order valence-corrected chi connectivity index (χ3v) is 8.82. The number of esters is 1. The number of likely N-dealkylation sites (tertiary alicyclic amines) is 1. The van der Waals surface area contributed by atoms with E-state index < -0.39 is 0 Å². The van der Waals surface area contributed by atoms with Crippen LogP contribution in [0, 0.1) is 11.8 Å². The number of amides is 1. The summed E-state index contributed by atoms with van der Waals surface area (Å²) < 4.78 is 19.0. The Kier molecular flexibility index (Phi) is 12.5. The molecule has 4 rings (SSSR count). The van der Waals surface area contributed by atoms with Gasteiger partial charge in [0.05, 0.1) is 30.8 Å². The number of carbonyl (C=O) groups is 2. The van der Waals surface area contributed by atoms with Crippen molar-refractivity contribution in [1.29, 1.82) is 0 Å². The van der Waals surface area contributed by atoms with Crippen LogP contribution in [0.3, 0.4) is 0 Å². The van der Waals surface area contributed by atoms with Gasteiger partial charge < -0.3 is 19.1 Å². The number of fused-ring (bicyclic) bond motifs is 4. The van der Waals surface area contributed by atoms with E-state index in [2.05, 4.69) is 39.0 Å². The predicted octanol–water partition coefficient (Wildman–Crippen LogP) is 7.02. The highest BCUT2D eigenvalue weighted by molar-refractivity contribution is 5.77. The molecule has 4 bridgehead atoms. The SMILES string of the molecule is CC=C1CC2CC(=O)OC(C=CC=CC=CCC(=O)N3CCCC3)C(C)C=CC(C)CC3CCCC(CC(C1)O2)O3. The van der Waals surface area contributed by atoms with E-state index in [9.17, 15) is 9.59 Å². The van der Waals surface area contributed by atoms with E-state index in [1.165, 1.54) is 12.0 Å². The number of cyclic esters (lactones) is 1. The molecule has 0 saturated carbocycles. The van der Waals surface area contributed by atoms with Gasteiger partial charge in [-0.15, -0.1) is 0 Å². The Morgan fingerprint density at radius 1 is 0.878 bits per heavy atom. The second kappa shape index (κ2) is 16.3. The van der Waals surface area contributed by atoms with Crippen LogP contribution in [-0.4, -0.2) is 60.4 Å². The van der Waals surface area contributed by atoms with E-state index in [0.29, 0.717) is 12.3 Å². The zero-order valence-corrected chi connectivity index (χ0v) is 25.4. The summed E-state index contributed by atoms with van der Waals surface area (Å²) in [6.07, 6.45) is 28.1. The molecule has 3 fully saturated rings. The summed E-state index contributed by atoms with van der Waals surface area (Å²) in [5, 5.41) is 0. The molecule has 3 saturated heterocycles. The van der Waals surface area contributed by atoms with Crippen molar-refractivity contribution in [2.45, 2.75) is 122 Å². The number of hydrogen-bond donors (Lipinski definition) is 0. The van der Waals surface area contributed by atoms with Crippen molar-refractivity contribution < 1.29 is 23.8 Å². The Balaban J connectivity index is 1.41. The van der Waals surface area contributed by atoms with Crippen molar-refractivity contribution in [2.24, 2.45) is 11.8 Å². The van der Waals surface area contributed by atoms with Gasteiger partial charge in [-0.05, 0) is 70.3 Å². The Hall–Kier alpha value is -2.44. The van der Waals surface area contributed by atoms with Crippen molar-refractivity contribution in [1.82, 2.24) is 4.90 Å². The molecular formula is C35H51NO5. The fourth-order valence-corrected chi connectivity index (χ4v) is 6.47. The molecule has 226 valence electrons. The van der Waals surface area contributed by atoms with E-state index in [4.69, 9.17) is 14.2 Å². The van der Waals surface area contributed by atoms with Gasteiger partial charge in [-0.3, -0.25) is 9.59 Å². The average Bonchev–Trinajstić information content (AvgIpc) is 3.49. The molecule has 0 N–H and O–H groups in total. The molecule has 7 unspecified atom stereocenters. The normalized spacial score (nSPS) is 35.1. The summed E-state index contributed by atoms with van der Waals surface area (Å²) in [4.78, 5) is 27.3. The molecule has 7 atom stereocenters. The maximum atomic E-state index is 13.1. The van der Waals surface area contributed by atoms with Gasteiger partial charge in [0, 0.05) is 31.8 Å². The lowest BCUT2D eigenvalue weighted by atomic mass is 9.90. The summed E-state index contributed by atoms with van der Waals surface area (Å²) in [6.45, 7) is 8.19. The lowest BCUT2D eigenvalue weighted by Crippen LogP contribution is -2.37. The minimum Gasteiger partial charge on any atom is -0.457 e. The van der Waals surface area contributed by atoms with Crippen LogP contribution in [0.4, 0.5) is 0 Å². The van der Waals surface area contributed by atoms with E-state index >= 15 is 0 Å². The zero-order valence-electron chi connectivity index (χ0n) is 25.4. The van der Waals surface area contributed by atoms with Gasteiger partial charge in [0.1, 0.15) is 6.10 Å². The third kappa shape index (κ3) is 10.4. The molecule has 1 amide bonds. The second-order valence-electron chi connectivity index (χ2n) is 12.4. The molecule has 4 aliphatic heterocycles. The fourth-order valence-electron chi connectivity index (χ4n) is 6.47. The summed E-state index contributed by atoms with van der Waals surface area (Å²) in [7, 11) is 0. The number of rotatable bonds is 5. The van der Waals surface area contributed by atoms with Gasteiger partial charge in [-0.25, -0.2) is 0 Å². The van der Waals surface area contributed by atoms with E-state index in [-0.39, 0.29) is 54.7 Å². The van der Waals surface area contributed by atoms with E-state index in [1.54, 1.807) is 0 Å². The number of nitrogens with zero attached hydrogens (tertiary/aromatic N) is 1. The number of hydrogen-bond acceptors (Lipinski definition) is 5. The molecule has 6 heteroatoms. The fraction of sp³-hybridized carbons (Fsp3) is 0.657. The van der Waals surface area contributed by atoms with Crippen molar-refractivity contribution in [3.63, 3.8) is 0 Å². The van der Waals surface area contributed by atoms with E-state index in [1.807, 2.05) is 41.4 Å². The van der Waals surface area contributed by atoms with Crippen molar-refractivity contribution >= 4 is 11.9 Å². The zero-order chi connectivity index (χ0) is 29.0. The molecule has 4 aliphatic rings. The Bertz CT molecular complexity index is 1000. The van der Waals surface area contributed by atoms with Gasteiger partial charge in [0.25, 0.3) is 0 Å². The first-order valence-electron chi connectivity index (χ1n) is 16.0. The molecule has 0 aromatic carbocycles. The quantitative estimate of drug-likeness (QED) is 0.204. The summed E-state index contributed by atoms with van der Waals surface area (Å²) in [6, 6.07) is 0. The number of ether oxygens (including phenoxy) is 3. The molecule has 0 spiro atoms. The Morgan fingerprint density at radius 2 is 1.59 bits per heavy atom. The van der Waals surface area contributed by atoms with Crippen LogP contribution >= 0.6 is 0 Å². The molecule has 4 heterocycles. The number of carbonyl (C=O) groups excluding carboxylic acids is 2. The molecule has 0 radical (unpaired) electrons. The number of allylic oxidation sites excluding steroid dienone is 6. The average molecular weight is 566 g/mol. The monoisotopic (exact) mass is 565 g/mol. The largest absolute Gasteiger partial charge is 0.457 e. The molecule has 41 heavy (non-hydrogen) atoms. The first kappa shape index (κ1) is 31.5. The van der Waals surface area contributed by atoms with E-state index in [0.717, 1.165) is 64.5 Å². The second-order valence-corrected chi connectivity index (χ2v) is 12.4. The highest BCUT2D eigenvalue weighted by Crippen LogP contribution is 2.33. The maximum absolute atomic E-state index is 13.1. The first-order chi connectivity index (χ1) is 19.9. The highest BCUT2D eigenvalue weighted by atomic mass is 16.5. The van der Waals surface area contributed by atoms with Crippen molar-refractivity contribution in [3.05, 3.63) is 60.3 Å².